The van der Waals surface area contributed by atoms with Crippen molar-refractivity contribution in [3.05, 3.63) is 99.4 Å². The maximum Gasteiger partial charge on any atom is 0.348 e. The summed E-state index contributed by atoms with van der Waals surface area (Å²) in [4.78, 5) is 31.6. The number of carboxylic acids is 1. The lowest BCUT2D eigenvalue weighted by molar-refractivity contribution is 0.0696. The number of hydrogen-bond donors (Lipinski definition) is 5. The van der Waals surface area contributed by atoms with E-state index in [-0.39, 0.29) is 22.9 Å². The van der Waals surface area contributed by atoms with Crippen molar-refractivity contribution >= 4 is 17.5 Å². The lowest BCUT2D eigenvalue weighted by atomic mass is 10.1. The summed E-state index contributed by atoms with van der Waals surface area (Å²) in [5.74, 6) is -0.593. The molecule has 0 aliphatic rings. The van der Waals surface area contributed by atoms with Gasteiger partial charge in [0.2, 0.25) is 5.88 Å². The standard InChI is InChI=1S/C24H23N7O4/c1-13-11-15(12-19(27-13)35-2)20(28-16-9-7-14(8-10-16)21(25)26)22-29-24(34)31(30-22)18-6-4-3-5-17(18)23(32)33/h3-12,20,28H,1-2H3,(H3,25,26)(H,32,33)(H,29,30,34)/t20-/m0/s1. The largest absolute Gasteiger partial charge is 0.481 e. The number of H-pyrrole nitrogens is 1. The molecule has 11 nitrogen and oxygen atoms in total. The van der Waals surface area contributed by atoms with Crippen molar-refractivity contribution in [2.45, 2.75) is 13.0 Å². The summed E-state index contributed by atoms with van der Waals surface area (Å²) in [6, 6.07) is 15.9. The number of pyridine rings is 1. The van der Waals surface area contributed by atoms with Crippen LogP contribution in [-0.2, 0) is 0 Å². The van der Waals surface area contributed by atoms with Crippen LogP contribution in [0.1, 0.15) is 39.0 Å². The first kappa shape index (κ1) is 23.2. The van der Waals surface area contributed by atoms with E-state index in [2.05, 4.69) is 20.4 Å². The fourth-order valence-electron chi connectivity index (χ4n) is 3.63. The van der Waals surface area contributed by atoms with Gasteiger partial charge in [0, 0.05) is 23.0 Å². The van der Waals surface area contributed by atoms with Crippen LogP contribution < -0.4 is 21.5 Å². The second-order valence-corrected chi connectivity index (χ2v) is 7.70. The molecule has 0 radical (unpaired) electrons. The second-order valence-electron chi connectivity index (χ2n) is 7.70. The van der Waals surface area contributed by atoms with Crippen LogP contribution in [0.3, 0.4) is 0 Å². The Balaban J connectivity index is 1.82. The average molecular weight is 473 g/mol. The fraction of sp³-hybridized carbons (Fsp3) is 0.125. The Morgan fingerprint density at radius 1 is 1.20 bits per heavy atom. The molecule has 1 atom stereocenters. The minimum absolute atomic E-state index is 0.0530. The van der Waals surface area contributed by atoms with E-state index in [1.165, 1.54) is 19.2 Å². The van der Waals surface area contributed by atoms with Crippen molar-refractivity contribution < 1.29 is 14.6 Å². The zero-order valence-corrected chi connectivity index (χ0v) is 18.9. The number of methoxy groups -OCH3 is 1. The lowest BCUT2D eigenvalue weighted by Crippen LogP contribution is -2.18. The number of carbonyl (C=O) groups is 1. The van der Waals surface area contributed by atoms with Gasteiger partial charge in [-0.05, 0) is 55.0 Å². The average Bonchev–Trinajstić information content (AvgIpc) is 3.23. The van der Waals surface area contributed by atoms with Crippen molar-refractivity contribution in [2.24, 2.45) is 5.73 Å². The molecule has 178 valence electrons. The van der Waals surface area contributed by atoms with E-state index >= 15 is 0 Å². The molecule has 6 N–H and O–H groups in total. The third-order valence-corrected chi connectivity index (χ3v) is 5.27. The van der Waals surface area contributed by atoms with E-state index in [0.29, 0.717) is 28.4 Å². The van der Waals surface area contributed by atoms with Crippen molar-refractivity contribution in [3.63, 3.8) is 0 Å². The molecule has 0 saturated carbocycles. The summed E-state index contributed by atoms with van der Waals surface area (Å²) in [6.45, 7) is 1.81. The van der Waals surface area contributed by atoms with Gasteiger partial charge in [-0.1, -0.05) is 12.1 Å². The third kappa shape index (κ3) is 4.88. The zero-order valence-electron chi connectivity index (χ0n) is 18.9. The molecule has 0 bridgehead atoms. The quantitative estimate of drug-likeness (QED) is 0.192. The van der Waals surface area contributed by atoms with Gasteiger partial charge in [-0.25, -0.2) is 14.6 Å². The summed E-state index contributed by atoms with van der Waals surface area (Å²) < 4.78 is 6.34. The highest BCUT2D eigenvalue weighted by molar-refractivity contribution is 5.95. The monoisotopic (exact) mass is 473 g/mol. The number of nitrogens with zero attached hydrogens (tertiary/aromatic N) is 3. The van der Waals surface area contributed by atoms with Gasteiger partial charge >= 0.3 is 11.7 Å². The van der Waals surface area contributed by atoms with Gasteiger partial charge in [-0.3, -0.25) is 10.4 Å². The van der Waals surface area contributed by atoms with Gasteiger partial charge in [0.15, 0.2) is 5.82 Å². The van der Waals surface area contributed by atoms with Crippen LogP contribution in [0.15, 0.2) is 65.5 Å². The lowest BCUT2D eigenvalue weighted by Gasteiger charge is -2.19. The minimum atomic E-state index is -1.17. The molecule has 11 heteroatoms. The highest BCUT2D eigenvalue weighted by atomic mass is 16.5. The molecular weight excluding hydrogens is 450 g/mol. The Labute approximate surface area is 199 Å². The van der Waals surface area contributed by atoms with Gasteiger partial charge in [0.25, 0.3) is 0 Å². The predicted octanol–water partition coefficient (Wildman–Crippen LogP) is 2.46. The number of aromatic carboxylic acids is 1. The molecule has 0 fully saturated rings. The topological polar surface area (TPSA) is 172 Å². The van der Waals surface area contributed by atoms with Crippen LogP contribution in [0, 0.1) is 12.3 Å². The van der Waals surface area contributed by atoms with Crippen LogP contribution in [0.2, 0.25) is 0 Å². The maximum absolute atomic E-state index is 12.9. The first-order valence-corrected chi connectivity index (χ1v) is 10.5. The normalized spacial score (nSPS) is 11.6. The minimum Gasteiger partial charge on any atom is -0.481 e. The molecular formula is C24H23N7O4. The number of rotatable bonds is 8. The molecule has 4 rings (SSSR count). The first-order valence-electron chi connectivity index (χ1n) is 10.5. The Hall–Kier alpha value is -4.93. The highest BCUT2D eigenvalue weighted by Crippen LogP contribution is 2.27. The highest BCUT2D eigenvalue weighted by Gasteiger charge is 2.23. The van der Waals surface area contributed by atoms with Crippen LogP contribution in [0.4, 0.5) is 5.69 Å². The number of aryl methyl sites for hydroxylation is 1. The number of hydrogen-bond acceptors (Lipinski definition) is 7. The molecule has 2 aromatic heterocycles. The molecule has 2 heterocycles. The Morgan fingerprint density at radius 3 is 2.57 bits per heavy atom. The van der Waals surface area contributed by atoms with E-state index in [0.717, 1.165) is 4.68 Å². The van der Waals surface area contributed by atoms with Gasteiger partial charge in [-0.15, -0.1) is 5.10 Å². The fourth-order valence-corrected chi connectivity index (χ4v) is 3.63. The summed E-state index contributed by atoms with van der Waals surface area (Å²) in [6.07, 6.45) is 0. The van der Waals surface area contributed by atoms with Gasteiger partial charge in [-0.2, -0.15) is 4.68 Å². The van der Waals surface area contributed by atoms with E-state index in [9.17, 15) is 14.7 Å². The number of benzene rings is 2. The Bertz CT molecular complexity index is 1460. The zero-order chi connectivity index (χ0) is 25.1. The smallest absolute Gasteiger partial charge is 0.348 e. The third-order valence-electron chi connectivity index (χ3n) is 5.27. The first-order chi connectivity index (χ1) is 16.8. The predicted molar refractivity (Wildman–Crippen MR) is 130 cm³/mol. The van der Waals surface area contributed by atoms with E-state index in [1.54, 1.807) is 42.5 Å². The molecule has 0 amide bonds. The van der Waals surface area contributed by atoms with Crippen molar-refractivity contribution in [1.29, 1.82) is 5.41 Å². The number of nitrogens with two attached hydrogens (primary N) is 1. The number of amidine groups is 1. The van der Waals surface area contributed by atoms with Crippen molar-refractivity contribution in [2.75, 3.05) is 12.4 Å². The SMILES string of the molecule is COc1cc([C@H](Nc2ccc(C(=N)N)cc2)c2nn(-c3ccccc3C(=O)O)c(=O)[nH]2)cc(C)n1. The number of ether oxygens (including phenoxy) is 1. The number of nitrogen functional groups attached to an aromatic ring is 1. The van der Waals surface area contributed by atoms with Crippen molar-refractivity contribution in [1.82, 2.24) is 19.7 Å². The van der Waals surface area contributed by atoms with Crippen LogP contribution in [0.25, 0.3) is 5.69 Å². The van der Waals surface area contributed by atoms with Gasteiger partial charge in [0.1, 0.15) is 11.9 Å². The molecule has 35 heavy (non-hydrogen) atoms. The van der Waals surface area contributed by atoms with Crippen LogP contribution in [-0.4, -0.2) is 43.8 Å². The maximum atomic E-state index is 12.9. The van der Waals surface area contributed by atoms with Gasteiger partial charge in [0.05, 0.1) is 18.4 Å². The number of para-hydroxylation sites is 1. The molecule has 0 aliphatic heterocycles. The molecule has 0 saturated heterocycles. The number of aromatic amines is 1. The molecule has 0 unspecified atom stereocenters. The summed E-state index contributed by atoms with van der Waals surface area (Å²) >= 11 is 0. The Morgan fingerprint density at radius 2 is 1.91 bits per heavy atom. The molecule has 4 aromatic rings. The number of carboxylic acid groups (broad SMARTS) is 1. The van der Waals surface area contributed by atoms with Crippen LogP contribution >= 0.6 is 0 Å². The Kier molecular flexibility index (Phi) is 6.32. The molecule has 0 spiro atoms. The van der Waals surface area contributed by atoms with Crippen molar-refractivity contribution in [3.8, 4) is 11.6 Å². The number of nitrogens with one attached hydrogen (secondary N) is 3. The van der Waals surface area contributed by atoms with Gasteiger partial charge < -0.3 is 20.9 Å². The van der Waals surface area contributed by atoms with Crippen LogP contribution in [0.5, 0.6) is 5.88 Å². The molecule has 2 aromatic carbocycles. The van der Waals surface area contributed by atoms with E-state index < -0.39 is 17.7 Å². The number of anilines is 1. The second kappa shape index (κ2) is 9.51. The number of aromatic nitrogens is 4. The summed E-state index contributed by atoms with van der Waals surface area (Å²) in [7, 11) is 1.51. The summed E-state index contributed by atoms with van der Waals surface area (Å²) in [5.41, 5.74) is 7.68. The summed E-state index contributed by atoms with van der Waals surface area (Å²) in [5, 5.41) is 24.9. The van der Waals surface area contributed by atoms with E-state index in [1.807, 2.05) is 13.0 Å². The van der Waals surface area contributed by atoms with E-state index in [4.69, 9.17) is 15.9 Å². The molecule has 0 aliphatic carbocycles.